The van der Waals surface area contributed by atoms with Gasteiger partial charge in [-0.05, 0) is 36.2 Å². The van der Waals surface area contributed by atoms with E-state index in [-0.39, 0.29) is 11.8 Å². The average molecular weight is 468 g/mol. The molecule has 2 amide bonds. The predicted octanol–water partition coefficient (Wildman–Crippen LogP) is 4.04. The maximum atomic E-state index is 12.4. The van der Waals surface area contributed by atoms with Crippen molar-refractivity contribution in [3.8, 4) is 0 Å². The average Bonchev–Trinajstić information content (AvgIpc) is 2.66. The summed E-state index contributed by atoms with van der Waals surface area (Å²) in [7, 11) is 0. The van der Waals surface area contributed by atoms with E-state index < -0.39 is 24.5 Å². The molecule has 0 aliphatic heterocycles. The Morgan fingerprint density at radius 2 is 1.79 bits per heavy atom. The molecule has 0 aromatic heterocycles. The minimum Gasteiger partial charge on any atom is -0.454 e. The van der Waals surface area contributed by atoms with Crippen molar-refractivity contribution in [1.82, 2.24) is 5.32 Å². The molecule has 2 N–H and O–H groups in total. The minimum absolute atomic E-state index is 0.218. The van der Waals surface area contributed by atoms with Crippen LogP contribution in [0.4, 0.5) is 5.69 Å². The molecule has 0 fully saturated rings. The Morgan fingerprint density at radius 3 is 2.39 bits per heavy atom. The van der Waals surface area contributed by atoms with Crippen LogP contribution < -0.4 is 10.6 Å². The van der Waals surface area contributed by atoms with Gasteiger partial charge in [-0.3, -0.25) is 9.59 Å². The number of nitrogens with one attached hydrogen (secondary N) is 2. The highest BCUT2D eigenvalue weighted by Crippen LogP contribution is 2.25. The third-order valence-corrected chi connectivity index (χ3v) is 4.60. The molecule has 6 nitrogen and oxygen atoms in total. The zero-order chi connectivity index (χ0) is 20.7. The van der Waals surface area contributed by atoms with Crippen molar-refractivity contribution in [2.75, 3.05) is 11.9 Å². The number of carbonyl (C=O) groups excluding carboxylic acids is 3. The first-order valence-corrected chi connectivity index (χ1v) is 9.72. The Hall–Kier alpha value is -2.38. The van der Waals surface area contributed by atoms with Crippen LogP contribution in [0.15, 0.2) is 53.0 Å². The number of ether oxygens (including phenoxy) is 1. The van der Waals surface area contributed by atoms with Crippen LogP contribution in [0.5, 0.6) is 0 Å². The van der Waals surface area contributed by atoms with Gasteiger partial charge in [-0.15, -0.1) is 0 Å². The minimum atomic E-state index is -0.878. The fraction of sp³-hybridized carbons (Fsp3) is 0.250. The zero-order valence-electron chi connectivity index (χ0n) is 15.4. The molecule has 2 aromatic carbocycles. The Bertz CT molecular complexity index is 859. The Morgan fingerprint density at radius 1 is 1.11 bits per heavy atom. The molecule has 8 heteroatoms. The lowest BCUT2D eigenvalue weighted by Crippen LogP contribution is -2.45. The van der Waals surface area contributed by atoms with Gasteiger partial charge in [0, 0.05) is 10.0 Å². The first kappa shape index (κ1) is 21.9. The van der Waals surface area contributed by atoms with Gasteiger partial charge in [0.15, 0.2) is 6.61 Å². The summed E-state index contributed by atoms with van der Waals surface area (Å²) in [5, 5.41) is 5.57. The van der Waals surface area contributed by atoms with Crippen LogP contribution in [0.25, 0.3) is 0 Å². The van der Waals surface area contributed by atoms with Gasteiger partial charge in [-0.2, -0.15) is 0 Å². The molecule has 0 spiro atoms. The topological polar surface area (TPSA) is 84.5 Å². The molecule has 0 aliphatic carbocycles. The van der Waals surface area contributed by atoms with Crippen molar-refractivity contribution >= 4 is 51.0 Å². The quantitative estimate of drug-likeness (QED) is 0.602. The van der Waals surface area contributed by atoms with Gasteiger partial charge in [-0.1, -0.05) is 59.6 Å². The fourth-order valence-electron chi connectivity index (χ4n) is 2.32. The SMILES string of the molecule is CC(C)[C@H](NC(=O)c1ccccc1)C(=O)OCC(=O)Nc1ccc(Br)cc1Cl. The van der Waals surface area contributed by atoms with Crippen LogP contribution in [-0.2, 0) is 14.3 Å². The van der Waals surface area contributed by atoms with E-state index >= 15 is 0 Å². The lowest BCUT2D eigenvalue weighted by Gasteiger charge is -2.20. The van der Waals surface area contributed by atoms with Crippen LogP contribution in [0, 0.1) is 5.92 Å². The molecule has 0 saturated carbocycles. The number of hydrogen-bond donors (Lipinski definition) is 2. The summed E-state index contributed by atoms with van der Waals surface area (Å²) in [5.74, 6) is -1.82. The monoisotopic (exact) mass is 466 g/mol. The molecule has 0 radical (unpaired) electrons. The second kappa shape index (κ2) is 10.2. The summed E-state index contributed by atoms with van der Waals surface area (Å²) in [4.78, 5) is 36.7. The Balaban J connectivity index is 1.92. The third-order valence-electron chi connectivity index (χ3n) is 3.79. The molecule has 0 aliphatic rings. The second-order valence-corrected chi connectivity index (χ2v) is 7.66. The van der Waals surface area contributed by atoms with Crippen molar-refractivity contribution in [1.29, 1.82) is 0 Å². The molecule has 1 atom stereocenters. The van der Waals surface area contributed by atoms with Crippen molar-refractivity contribution in [3.63, 3.8) is 0 Å². The Labute approximate surface area is 176 Å². The van der Waals surface area contributed by atoms with Crippen molar-refractivity contribution in [2.24, 2.45) is 5.92 Å². The van der Waals surface area contributed by atoms with Crippen molar-refractivity contribution in [2.45, 2.75) is 19.9 Å². The van der Waals surface area contributed by atoms with E-state index in [4.69, 9.17) is 16.3 Å². The standard InChI is InChI=1S/C20H20BrClN2O4/c1-12(2)18(24-19(26)13-6-4-3-5-7-13)20(27)28-11-17(25)23-16-9-8-14(21)10-15(16)22/h3-10,12,18H,11H2,1-2H3,(H,23,25)(H,24,26)/t18-/m0/s1. The largest absolute Gasteiger partial charge is 0.454 e. The van der Waals surface area contributed by atoms with Crippen LogP contribution in [0.1, 0.15) is 24.2 Å². The number of halogens is 2. The number of amides is 2. The van der Waals surface area contributed by atoms with E-state index in [0.29, 0.717) is 16.3 Å². The molecule has 0 heterocycles. The van der Waals surface area contributed by atoms with E-state index in [0.717, 1.165) is 4.47 Å². The van der Waals surface area contributed by atoms with Crippen LogP contribution in [0.3, 0.4) is 0 Å². The molecule has 0 saturated heterocycles. The lowest BCUT2D eigenvalue weighted by molar-refractivity contribution is -0.150. The number of carbonyl (C=O) groups is 3. The number of rotatable bonds is 7. The molecule has 0 unspecified atom stereocenters. The highest BCUT2D eigenvalue weighted by atomic mass is 79.9. The van der Waals surface area contributed by atoms with Crippen LogP contribution >= 0.6 is 27.5 Å². The maximum absolute atomic E-state index is 12.4. The smallest absolute Gasteiger partial charge is 0.329 e. The predicted molar refractivity (Wildman–Crippen MR) is 111 cm³/mol. The molecule has 148 valence electrons. The van der Waals surface area contributed by atoms with Gasteiger partial charge >= 0.3 is 5.97 Å². The summed E-state index contributed by atoms with van der Waals surface area (Å²) >= 11 is 9.32. The Kier molecular flexibility index (Phi) is 8.02. The highest BCUT2D eigenvalue weighted by Gasteiger charge is 2.26. The van der Waals surface area contributed by atoms with E-state index in [9.17, 15) is 14.4 Å². The highest BCUT2D eigenvalue weighted by molar-refractivity contribution is 9.10. The van der Waals surface area contributed by atoms with Gasteiger partial charge in [0.05, 0.1) is 10.7 Å². The van der Waals surface area contributed by atoms with Gasteiger partial charge in [0.25, 0.3) is 11.8 Å². The zero-order valence-corrected chi connectivity index (χ0v) is 17.7. The summed E-state index contributed by atoms with van der Waals surface area (Å²) in [6.07, 6.45) is 0. The first-order chi connectivity index (χ1) is 13.3. The fourth-order valence-corrected chi connectivity index (χ4v) is 3.04. The van der Waals surface area contributed by atoms with Gasteiger partial charge < -0.3 is 15.4 Å². The third kappa shape index (κ3) is 6.35. The van der Waals surface area contributed by atoms with Crippen LogP contribution in [-0.4, -0.2) is 30.4 Å². The number of benzene rings is 2. The second-order valence-electron chi connectivity index (χ2n) is 6.34. The van der Waals surface area contributed by atoms with E-state index in [1.807, 2.05) is 0 Å². The molecule has 2 aromatic rings. The van der Waals surface area contributed by atoms with Gasteiger partial charge in [-0.25, -0.2) is 4.79 Å². The van der Waals surface area contributed by atoms with E-state index in [1.54, 1.807) is 62.4 Å². The lowest BCUT2D eigenvalue weighted by atomic mass is 10.0. The summed E-state index contributed by atoms with van der Waals surface area (Å²) in [6, 6.07) is 12.7. The summed E-state index contributed by atoms with van der Waals surface area (Å²) in [5.41, 5.74) is 0.840. The summed E-state index contributed by atoms with van der Waals surface area (Å²) < 4.78 is 5.86. The van der Waals surface area contributed by atoms with Crippen molar-refractivity contribution in [3.05, 3.63) is 63.6 Å². The number of hydrogen-bond acceptors (Lipinski definition) is 4. The van der Waals surface area contributed by atoms with Crippen LogP contribution in [0.2, 0.25) is 5.02 Å². The summed E-state index contributed by atoms with van der Waals surface area (Å²) in [6.45, 7) is 3.06. The number of anilines is 1. The van der Waals surface area contributed by atoms with Gasteiger partial charge in [0.1, 0.15) is 6.04 Å². The first-order valence-electron chi connectivity index (χ1n) is 8.55. The molecule has 28 heavy (non-hydrogen) atoms. The van der Waals surface area contributed by atoms with E-state index in [1.165, 1.54) is 0 Å². The molecule has 2 rings (SSSR count). The number of esters is 1. The molecular formula is C20H20BrClN2O4. The van der Waals surface area contributed by atoms with Gasteiger partial charge in [0.2, 0.25) is 0 Å². The van der Waals surface area contributed by atoms with E-state index in [2.05, 4.69) is 26.6 Å². The van der Waals surface area contributed by atoms with Crippen molar-refractivity contribution < 1.29 is 19.1 Å². The molecule has 0 bridgehead atoms. The maximum Gasteiger partial charge on any atom is 0.329 e. The molecular weight excluding hydrogens is 448 g/mol. The normalized spacial score (nSPS) is 11.6.